The number of halogens is 1. The van der Waals surface area contributed by atoms with E-state index in [0.717, 1.165) is 15.4 Å². The van der Waals surface area contributed by atoms with Crippen molar-refractivity contribution in [3.63, 3.8) is 0 Å². The predicted octanol–water partition coefficient (Wildman–Crippen LogP) is 2.28. The van der Waals surface area contributed by atoms with Crippen LogP contribution in [-0.2, 0) is 9.53 Å². The molecule has 2 rings (SSSR count). The smallest absolute Gasteiger partial charge is 0.360 e. The fourth-order valence-electron chi connectivity index (χ4n) is 1.59. The standard InChI is InChI=1S/C11H9BrN2O3/c1-17-11(15)10(14-16)8-5-13-9-3-2-6(12)4-7(8)9/h2-5,13,16H,1H3/b14-10-. The first-order chi connectivity index (χ1) is 8.17. The van der Waals surface area contributed by atoms with Crippen molar-refractivity contribution >= 4 is 38.5 Å². The van der Waals surface area contributed by atoms with Gasteiger partial charge in [0.2, 0.25) is 0 Å². The van der Waals surface area contributed by atoms with Gasteiger partial charge in [0.15, 0.2) is 5.71 Å². The predicted molar refractivity (Wildman–Crippen MR) is 66.3 cm³/mol. The number of oxime groups is 1. The Morgan fingerprint density at radius 2 is 2.29 bits per heavy atom. The van der Waals surface area contributed by atoms with E-state index < -0.39 is 5.97 Å². The van der Waals surface area contributed by atoms with Gasteiger partial charge < -0.3 is 14.9 Å². The molecule has 0 spiro atoms. The number of fused-ring (bicyclic) bond motifs is 1. The van der Waals surface area contributed by atoms with E-state index in [1.54, 1.807) is 6.20 Å². The minimum Gasteiger partial charge on any atom is -0.464 e. The van der Waals surface area contributed by atoms with E-state index in [2.05, 4.69) is 30.8 Å². The second-order valence-corrected chi connectivity index (χ2v) is 4.25. The number of ether oxygens (including phenoxy) is 1. The molecule has 0 atom stereocenters. The normalized spacial score (nSPS) is 11.8. The zero-order valence-electron chi connectivity index (χ0n) is 8.90. The number of carbonyl (C=O) groups excluding carboxylic acids is 1. The van der Waals surface area contributed by atoms with Crippen LogP contribution in [0.1, 0.15) is 5.56 Å². The van der Waals surface area contributed by atoms with Crippen LogP contribution in [0.15, 0.2) is 34.0 Å². The van der Waals surface area contributed by atoms with E-state index in [-0.39, 0.29) is 5.71 Å². The molecule has 0 aliphatic heterocycles. The van der Waals surface area contributed by atoms with Gasteiger partial charge in [-0.3, -0.25) is 0 Å². The Morgan fingerprint density at radius 1 is 1.53 bits per heavy atom. The van der Waals surface area contributed by atoms with E-state index in [1.165, 1.54) is 7.11 Å². The maximum absolute atomic E-state index is 11.4. The molecule has 5 nitrogen and oxygen atoms in total. The van der Waals surface area contributed by atoms with E-state index in [1.807, 2.05) is 18.2 Å². The summed E-state index contributed by atoms with van der Waals surface area (Å²) in [5.41, 5.74) is 1.21. The average molecular weight is 297 g/mol. The number of hydrogen-bond donors (Lipinski definition) is 2. The quantitative estimate of drug-likeness (QED) is 0.386. The summed E-state index contributed by atoms with van der Waals surface area (Å²) in [6.07, 6.45) is 1.60. The molecule has 0 bridgehead atoms. The molecule has 0 fully saturated rings. The average Bonchev–Trinajstić information content (AvgIpc) is 2.73. The summed E-state index contributed by atoms with van der Waals surface area (Å²) in [5, 5.41) is 12.7. The molecular formula is C11H9BrN2O3. The SMILES string of the molecule is COC(=O)/C(=N\O)c1c[nH]c2ccc(Br)cc12. The van der Waals surface area contributed by atoms with Crippen molar-refractivity contribution in [2.24, 2.45) is 5.16 Å². The third-order valence-corrected chi connectivity index (χ3v) is 2.87. The molecule has 6 heteroatoms. The molecule has 2 N–H and O–H groups in total. The molecule has 1 heterocycles. The number of benzene rings is 1. The van der Waals surface area contributed by atoms with Crippen LogP contribution in [0.4, 0.5) is 0 Å². The number of rotatable bonds is 2. The fourth-order valence-corrected chi connectivity index (χ4v) is 1.95. The molecule has 0 saturated carbocycles. The highest BCUT2D eigenvalue weighted by molar-refractivity contribution is 9.10. The Balaban J connectivity index is 2.62. The molecule has 0 radical (unpaired) electrons. The number of carbonyl (C=O) groups is 1. The van der Waals surface area contributed by atoms with Crippen molar-refractivity contribution in [2.45, 2.75) is 0 Å². The third-order valence-electron chi connectivity index (χ3n) is 2.38. The number of esters is 1. The van der Waals surface area contributed by atoms with Crippen LogP contribution in [-0.4, -0.2) is 29.0 Å². The topological polar surface area (TPSA) is 74.7 Å². The lowest BCUT2D eigenvalue weighted by molar-refractivity contribution is -0.132. The number of aromatic amines is 1. The molecular weight excluding hydrogens is 288 g/mol. The van der Waals surface area contributed by atoms with E-state index in [0.29, 0.717) is 5.56 Å². The van der Waals surface area contributed by atoms with Crippen molar-refractivity contribution in [3.8, 4) is 0 Å². The molecule has 0 aliphatic rings. The number of hydrogen-bond acceptors (Lipinski definition) is 4. The van der Waals surface area contributed by atoms with Crippen molar-refractivity contribution in [2.75, 3.05) is 7.11 Å². The minimum atomic E-state index is -0.687. The van der Waals surface area contributed by atoms with Gasteiger partial charge in [0.25, 0.3) is 0 Å². The number of aromatic nitrogens is 1. The highest BCUT2D eigenvalue weighted by Crippen LogP contribution is 2.23. The van der Waals surface area contributed by atoms with Gasteiger partial charge in [-0.1, -0.05) is 21.1 Å². The summed E-state index contributed by atoms with van der Waals surface area (Å²) >= 11 is 3.34. The second-order valence-electron chi connectivity index (χ2n) is 3.33. The number of H-pyrrole nitrogens is 1. The van der Waals surface area contributed by atoms with Crippen LogP contribution in [0, 0.1) is 0 Å². The van der Waals surface area contributed by atoms with Crippen molar-refractivity contribution in [1.82, 2.24) is 4.98 Å². The van der Waals surface area contributed by atoms with Crippen LogP contribution in [0.25, 0.3) is 10.9 Å². The zero-order chi connectivity index (χ0) is 12.4. The lowest BCUT2D eigenvalue weighted by Crippen LogP contribution is -2.16. The van der Waals surface area contributed by atoms with Crippen LogP contribution in [0.2, 0.25) is 0 Å². The summed E-state index contributed by atoms with van der Waals surface area (Å²) in [4.78, 5) is 14.4. The molecule has 0 unspecified atom stereocenters. The Labute approximate surface area is 105 Å². The van der Waals surface area contributed by atoms with Gasteiger partial charge in [-0.25, -0.2) is 4.79 Å². The molecule has 0 saturated heterocycles. The van der Waals surface area contributed by atoms with E-state index in [9.17, 15) is 4.79 Å². The first kappa shape index (κ1) is 11.7. The molecule has 17 heavy (non-hydrogen) atoms. The van der Waals surface area contributed by atoms with Gasteiger partial charge >= 0.3 is 5.97 Å². The number of methoxy groups -OCH3 is 1. The summed E-state index contributed by atoms with van der Waals surface area (Å²) in [6, 6.07) is 5.56. The van der Waals surface area contributed by atoms with Gasteiger partial charge in [-0.05, 0) is 18.2 Å². The first-order valence-electron chi connectivity index (χ1n) is 4.74. The second kappa shape index (κ2) is 4.58. The van der Waals surface area contributed by atoms with Crippen LogP contribution in [0.3, 0.4) is 0 Å². The maximum atomic E-state index is 11.4. The fraction of sp³-hybridized carbons (Fsp3) is 0.0909. The summed E-state index contributed by atoms with van der Waals surface area (Å²) in [5.74, 6) is -0.687. The molecule has 1 aromatic heterocycles. The van der Waals surface area contributed by atoms with Crippen molar-refractivity contribution < 1.29 is 14.7 Å². The van der Waals surface area contributed by atoms with Crippen LogP contribution in [0.5, 0.6) is 0 Å². The first-order valence-corrected chi connectivity index (χ1v) is 5.54. The van der Waals surface area contributed by atoms with Gasteiger partial charge in [-0.15, -0.1) is 0 Å². The van der Waals surface area contributed by atoms with E-state index >= 15 is 0 Å². The lowest BCUT2D eigenvalue weighted by atomic mass is 10.1. The van der Waals surface area contributed by atoms with Crippen LogP contribution < -0.4 is 0 Å². The van der Waals surface area contributed by atoms with Crippen molar-refractivity contribution in [3.05, 3.63) is 34.4 Å². The van der Waals surface area contributed by atoms with Gasteiger partial charge in [0, 0.05) is 27.1 Å². The Hall–Kier alpha value is -1.82. The van der Waals surface area contributed by atoms with Gasteiger partial charge in [0.05, 0.1) is 7.11 Å². The molecule has 1 aromatic carbocycles. The zero-order valence-corrected chi connectivity index (χ0v) is 10.5. The summed E-state index contributed by atoms with van der Waals surface area (Å²) in [7, 11) is 1.23. The number of nitrogens with zero attached hydrogens (tertiary/aromatic N) is 1. The van der Waals surface area contributed by atoms with Crippen LogP contribution >= 0.6 is 15.9 Å². The highest BCUT2D eigenvalue weighted by atomic mass is 79.9. The molecule has 2 aromatic rings. The van der Waals surface area contributed by atoms with Gasteiger partial charge in [-0.2, -0.15) is 0 Å². The Kier molecular flexibility index (Phi) is 3.14. The summed E-state index contributed by atoms with van der Waals surface area (Å²) < 4.78 is 5.42. The summed E-state index contributed by atoms with van der Waals surface area (Å²) in [6.45, 7) is 0. The maximum Gasteiger partial charge on any atom is 0.360 e. The largest absolute Gasteiger partial charge is 0.464 e. The molecule has 0 amide bonds. The highest BCUT2D eigenvalue weighted by Gasteiger charge is 2.19. The number of nitrogens with one attached hydrogen (secondary N) is 1. The monoisotopic (exact) mass is 296 g/mol. The van der Waals surface area contributed by atoms with Crippen molar-refractivity contribution in [1.29, 1.82) is 0 Å². The molecule has 0 aliphatic carbocycles. The van der Waals surface area contributed by atoms with E-state index in [4.69, 9.17) is 5.21 Å². The Bertz CT molecular complexity index is 604. The van der Waals surface area contributed by atoms with Gasteiger partial charge in [0.1, 0.15) is 0 Å². The molecule has 88 valence electrons. The third kappa shape index (κ3) is 2.03. The minimum absolute atomic E-state index is 0.128. The lowest BCUT2D eigenvalue weighted by Gasteiger charge is -2.00. The Morgan fingerprint density at radius 3 is 2.94 bits per heavy atom.